The van der Waals surface area contributed by atoms with Gasteiger partial charge >= 0.3 is 0 Å². The van der Waals surface area contributed by atoms with E-state index < -0.39 is 0 Å². The molecule has 0 atom stereocenters. The van der Waals surface area contributed by atoms with Gasteiger partial charge < -0.3 is 9.32 Å². The van der Waals surface area contributed by atoms with Crippen molar-refractivity contribution in [3.63, 3.8) is 0 Å². The number of thioether (sulfide) groups is 1. The summed E-state index contributed by atoms with van der Waals surface area (Å²) in [7, 11) is 0. The molecule has 4 rings (SSSR count). The number of fused-ring (bicyclic) bond motifs is 1. The van der Waals surface area contributed by atoms with E-state index in [4.69, 9.17) is 16.0 Å². The van der Waals surface area contributed by atoms with Crippen LogP contribution in [0.2, 0.25) is 5.02 Å². The largest absolute Gasteiger partial charge is 0.423 e. The van der Waals surface area contributed by atoms with Crippen molar-refractivity contribution >= 4 is 40.5 Å². The lowest BCUT2D eigenvalue weighted by Gasteiger charge is -2.39. The molecule has 2 saturated heterocycles. The van der Waals surface area contributed by atoms with Crippen molar-refractivity contribution in [2.24, 2.45) is 0 Å². The summed E-state index contributed by atoms with van der Waals surface area (Å²) in [5.74, 6) is 2.57. The number of rotatable bonds is 2. The molecule has 2 aliphatic rings. The summed E-state index contributed by atoms with van der Waals surface area (Å²) < 4.78 is 5.88. The van der Waals surface area contributed by atoms with E-state index in [-0.39, 0.29) is 0 Å². The normalized spacial score (nSPS) is 21.6. The maximum atomic E-state index is 6.01. The molecule has 2 fully saturated rings. The highest BCUT2D eigenvalue weighted by Gasteiger charge is 2.27. The summed E-state index contributed by atoms with van der Waals surface area (Å²) in [4.78, 5) is 9.53. The number of hydrogen-bond donors (Lipinski definition) is 0. The second-order valence-corrected chi connectivity index (χ2v) is 7.64. The number of nitrogens with zero attached hydrogens (tertiary/aromatic N) is 3. The molecular formula is C16H20ClN3OS. The van der Waals surface area contributed by atoms with E-state index in [9.17, 15) is 0 Å². The van der Waals surface area contributed by atoms with Gasteiger partial charge in [-0.05, 0) is 25.0 Å². The van der Waals surface area contributed by atoms with Gasteiger partial charge in [0.15, 0.2) is 5.58 Å². The minimum atomic E-state index is 0.692. The number of anilines is 1. The quantitative estimate of drug-likeness (QED) is 0.837. The van der Waals surface area contributed by atoms with Crippen LogP contribution in [0.4, 0.5) is 6.01 Å². The Bertz CT molecular complexity index is 648. The van der Waals surface area contributed by atoms with Gasteiger partial charge in [-0.15, -0.1) is 0 Å². The fraction of sp³-hybridized carbons (Fsp3) is 0.562. The molecule has 0 saturated carbocycles. The highest BCUT2D eigenvalue weighted by molar-refractivity contribution is 7.99. The average molecular weight is 338 g/mol. The van der Waals surface area contributed by atoms with Crippen molar-refractivity contribution in [2.75, 3.05) is 42.6 Å². The van der Waals surface area contributed by atoms with E-state index in [2.05, 4.69) is 26.5 Å². The van der Waals surface area contributed by atoms with Crippen LogP contribution in [0.25, 0.3) is 11.1 Å². The topological polar surface area (TPSA) is 32.5 Å². The first-order valence-electron chi connectivity index (χ1n) is 7.92. The van der Waals surface area contributed by atoms with Crippen LogP contribution in [-0.4, -0.2) is 53.6 Å². The molecule has 0 radical (unpaired) electrons. The van der Waals surface area contributed by atoms with E-state index in [0.717, 1.165) is 36.2 Å². The van der Waals surface area contributed by atoms with Gasteiger partial charge in [0.1, 0.15) is 5.52 Å². The summed E-state index contributed by atoms with van der Waals surface area (Å²) in [6, 6.07) is 7.09. The smallest absolute Gasteiger partial charge is 0.298 e. The second kappa shape index (κ2) is 6.30. The zero-order valence-electron chi connectivity index (χ0n) is 12.5. The Labute approximate surface area is 139 Å². The van der Waals surface area contributed by atoms with Crippen molar-refractivity contribution in [3.05, 3.63) is 23.2 Å². The zero-order valence-corrected chi connectivity index (χ0v) is 14.1. The molecule has 118 valence electrons. The molecule has 6 heteroatoms. The number of piperidine rings is 1. The Morgan fingerprint density at radius 3 is 2.68 bits per heavy atom. The van der Waals surface area contributed by atoms with Crippen molar-refractivity contribution < 1.29 is 4.42 Å². The number of hydrogen-bond acceptors (Lipinski definition) is 5. The van der Waals surface area contributed by atoms with Crippen LogP contribution in [0, 0.1) is 0 Å². The van der Waals surface area contributed by atoms with Crippen LogP contribution in [-0.2, 0) is 0 Å². The predicted molar refractivity (Wildman–Crippen MR) is 93.2 cm³/mol. The van der Waals surface area contributed by atoms with Gasteiger partial charge in [-0.3, -0.25) is 4.90 Å². The molecule has 2 aliphatic heterocycles. The van der Waals surface area contributed by atoms with Crippen LogP contribution < -0.4 is 4.90 Å². The zero-order chi connectivity index (χ0) is 14.9. The summed E-state index contributed by atoms with van der Waals surface area (Å²) in [6.07, 6.45) is 2.40. The van der Waals surface area contributed by atoms with E-state index in [1.54, 1.807) is 0 Å². The summed E-state index contributed by atoms with van der Waals surface area (Å²) in [5.41, 5.74) is 1.66. The van der Waals surface area contributed by atoms with Crippen LogP contribution >= 0.6 is 23.4 Å². The molecule has 2 aromatic rings. The van der Waals surface area contributed by atoms with Gasteiger partial charge in [-0.2, -0.15) is 16.7 Å². The minimum Gasteiger partial charge on any atom is -0.423 e. The standard InChI is InChI=1S/C16H20ClN3OS/c17-12-1-2-14-15(11-12)21-16(18-14)20-5-3-13(4-6-20)19-7-9-22-10-8-19/h1-2,11,13H,3-10H2. The van der Waals surface area contributed by atoms with Crippen LogP contribution in [0.3, 0.4) is 0 Å². The molecule has 3 heterocycles. The minimum absolute atomic E-state index is 0.692. The third kappa shape index (κ3) is 2.94. The molecule has 0 amide bonds. The molecule has 0 N–H and O–H groups in total. The molecule has 0 aliphatic carbocycles. The third-order valence-electron chi connectivity index (χ3n) is 4.64. The predicted octanol–water partition coefficient (Wildman–Crippen LogP) is 3.50. The SMILES string of the molecule is Clc1ccc2nc(N3CCC(N4CCSCC4)CC3)oc2c1. The number of halogens is 1. The van der Waals surface area contributed by atoms with Crippen LogP contribution in [0.15, 0.2) is 22.6 Å². The second-order valence-electron chi connectivity index (χ2n) is 5.98. The van der Waals surface area contributed by atoms with Crippen molar-refractivity contribution in [2.45, 2.75) is 18.9 Å². The van der Waals surface area contributed by atoms with E-state index >= 15 is 0 Å². The highest BCUT2D eigenvalue weighted by atomic mass is 35.5. The Morgan fingerprint density at radius 2 is 1.91 bits per heavy atom. The molecule has 1 aromatic heterocycles. The maximum absolute atomic E-state index is 6.01. The highest BCUT2D eigenvalue weighted by Crippen LogP contribution is 2.28. The van der Waals surface area contributed by atoms with Gasteiger partial charge in [-0.25, -0.2) is 0 Å². The van der Waals surface area contributed by atoms with Gasteiger partial charge in [0, 0.05) is 54.8 Å². The summed E-state index contributed by atoms with van der Waals surface area (Å²) in [5, 5.41) is 0.692. The van der Waals surface area contributed by atoms with Crippen molar-refractivity contribution in [3.8, 4) is 0 Å². The van der Waals surface area contributed by atoms with Crippen LogP contribution in [0.1, 0.15) is 12.8 Å². The molecular weight excluding hydrogens is 318 g/mol. The Balaban J connectivity index is 1.43. The fourth-order valence-electron chi connectivity index (χ4n) is 3.39. The molecule has 0 spiro atoms. The first kappa shape index (κ1) is 14.7. The van der Waals surface area contributed by atoms with E-state index in [0.29, 0.717) is 5.02 Å². The van der Waals surface area contributed by atoms with E-state index in [1.807, 2.05) is 18.2 Å². The average Bonchev–Trinajstić information content (AvgIpc) is 2.99. The fourth-order valence-corrected chi connectivity index (χ4v) is 4.48. The first-order chi connectivity index (χ1) is 10.8. The lowest BCUT2D eigenvalue weighted by molar-refractivity contribution is 0.184. The summed E-state index contributed by atoms with van der Waals surface area (Å²) in [6.45, 7) is 4.54. The lowest BCUT2D eigenvalue weighted by Crippen LogP contribution is -2.47. The Hall–Kier alpha value is -0.910. The first-order valence-corrected chi connectivity index (χ1v) is 9.46. The van der Waals surface area contributed by atoms with Gasteiger partial charge in [0.2, 0.25) is 0 Å². The number of benzene rings is 1. The Kier molecular flexibility index (Phi) is 4.20. The molecule has 1 aromatic carbocycles. The third-order valence-corrected chi connectivity index (χ3v) is 5.81. The Morgan fingerprint density at radius 1 is 1.14 bits per heavy atom. The van der Waals surface area contributed by atoms with Crippen LogP contribution in [0.5, 0.6) is 0 Å². The monoisotopic (exact) mass is 337 g/mol. The van der Waals surface area contributed by atoms with Gasteiger partial charge in [0.05, 0.1) is 0 Å². The molecule has 22 heavy (non-hydrogen) atoms. The summed E-state index contributed by atoms with van der Waals surface area (Å²) >= 11 is 8.09. The van der Waals surface area contributed by atoms with Gasteiger partial charge in [-0.1, -0.05) is 11.6 Å². The molecule has 0 bridgehead atoms. The lowest BCUT2D eigenvalue weighted by atomic mass is 10.0. The number of aromatic nitrogens is 1. The van der Waals surface area contributed by atoms with Gasteiger partial charge in [0.25, 0.3) is 6.01 Å². The van der Waals surface area contributed by atoms with Crippen molar-refractivity contribution in [1.29, 1.82) is 0 Å². The molecule has 4 nitrogen and oxygen atoms in total. The van der Waals surface area contributed by atoms with Crippen molar-refractivity contribution in [1.82, 2.24) is 9.88 Å². The van der Waals surface area contributed by atoms with E-state index in [1.165, 1.54) is 37.4 Å². The number of oxazole rings is 1. The molecule has 0 unspecified atom stereocenters. The maximum Gasteiger partial charge on any atom is 0.298 e.